The number of aliphatic hydroxyl groups excluding tert-OH is 1. The molecule has 4 nitrogen and oxygen atoms in total. The molecule has 1 aromatic carbocycles. The molecule has 0 unspecified atom stereocenters. The van der Waals surface area contributed by atoms with E-state index in [0.29, 0.717) is 11.6 Å². The van der Waals surface area contributed by atoms with Crippen LogP contribution in [0.4, 0.5) is 4.79 Å². The predicted octanol–water partition coefficient (Wildman–Crippen LogP) is 1.91. The van der Waals surface area contributed by atoms with Crippen LogP contribution in [0.1, 0.15) is 19.4 Å². The van der Waals surface area contributed by atoms with Gasteiger partial charge >= 0.3 is 6.03 Å². The number of amides is 2. The SMILES string of the molecule is CC(C)(CO)NC(=O)NCc1ccc(Cl)cc1. The van der Waals surface area contributed by atoms with Gasteiger partial charge in [0.05, 0.1) is 12.1 Å². The van der Waals surface area contributed by atoms with Gasteiger partial charge in [0.25, 0.3) is 0 Å². The lowest BCUT2D eigenvalue weighted by molar-refractivity contribution is 0.182. The molecule has 0 heterocycles. The highest BCUT2D eigenvalue weighted by Crippen LogP contribution is 2.09. The zero-order chi connectivity index (χ0) is 12.9. The van der Waals surface area contributed by atoms with E-state index in [4.69, 9.17) is 16.7 Å². The van der Waals surface area contributed by atoms with Crippen LogP contribution in [0.2, 0.25) is 5.02 Å². The monoisotopic (exact) mass is 256 g/mol. The molecule has 94 valence electrons. The zero-order valence-electron chi connectivity index (χ0n) is 9.96. The number of carbonyl (C=O) groups excluding carboxylic acids is 1. The summed E-state index contributed by atoms with van der Waals surface area (Å²) in [4.78, 5) is 11.5. The molecule has 0 radical (unpaired) electrons. The van der Waals surface area contributed by atoms with Crippen LogP contribution in [0.3, 0.4) is 0 Å². The summed E-state index contributed by atoms with van der Waals surface area (Å²) in [5.41, 5.74) is 0.343. The van der Waals surface area contributed by atoms with Gasteiger partial charge in [-0.05, 0) is 31.5 Å². The molecule has 0 saturated heterocycles. The van der Waals surface area contributed by atoms with Crippen molar-refractivity contribution in [1.29, 1.82) is 0 Å². The minimum Gasteiger partial charge on any atom is -0.394 e. The van der Waals surface area contributed by atoms with Gasteiger partial charge in [0.1, 0.15) is 0 Å². The van der Waals surface area contributed by atoms with E-state index in [0.717, 1.165) is 5.56 Å². The Bertz CT molecular complexity index is 377. The lowest BCUT2D eigenvalue weighted by Crippen LogP contribution is -2.50. The summed E-state index contributed by atoms with van der Waals surface area (Å²) in [7, 11) is 0. The topological polar surface area (TPSA) is 61.4 Å². The van der Waals surface area contributed by atoms with Crippen LogP contribution in [-0.4, -0.2) is 23.3 Å². The van der Waals surface area contributed by atoms with Crippen LogP contribution < -0.4 is 10.6 Å². The third kappa shape index (κ3) is 5.06. The molecule has 1 rings (SSSR count). The third-order valence-electron chi connectivity index (χ3n) is 2.21. The van der Waals surface area contributed by atoms with Crippen molar-refractivity contribution in [3.63, 3.8) is 0 Å². The molecule has 3 N–H and O–H groups in total. The number of hydrogen-bond donors (Lipinski definition) is 3. The third-order valence-corrected chi connectivity index (χ3v) is 2.47. The van der Waals surface area contributed by atoms with Gasteiger partial charge in [0, 0.05) is 11.6 Å². The maximum absolute atomic E-state index is 11.5. The fourth-order valence-electron chi connectivity index (χ4n) is 1.18. The molecule has 0 spiro atoms. The van der Waals surface area contributed by atoms with Gasteiger partial charge in [-0.2, -0.15) is 0 Å². The van der Waals surface area contributed by atoms with Gasteiger partial charge in [0.15, 0.2) is 0 Å². The van der Waals surface area contributed by atoms with Crippen molar-refractivity contribution < 1.29 is 9.90 Å². The molecule has 17 heavy (non-hydrogen) atoms. The van der Waals surface area contributed by atoms with Crippen LogP contribution in [0, 0.1) is 0 Å². The Hall–Kier alpha value is -1.26. The maximum atomic E-state index is 11.5. The van der Waals surface area contributed by atoms with Crippen molar-refractivity contribution in [2.45, 2.75) is 25.9 Å². The number of benzene rings is 1. The van der Waals surface area contributed by atoms with E-state index >= 15 is 0 Å². The number of nitrogens with one attached hydrogen (secondary N) is 2. The van der Waals surface area contributed by atoms with Crippen molar-refractivity contribution in [3.05, 3.63) is 34.9 Å². The Balaban J connectivity index is 2.41. The lowest BCUT2D eigenvalue weighted by atomic mass is 10.1. The number of halogens is 1. The number of carbonyl (C=O) groups is 1. The van der Waals surface area contributed by atoms with E-state index in [2.05, 4.69) is 10.6 Å². The maximum Gasteiger partial charge on any atom is 0.315 e. The lowest BCUT2D eigenvalue weighted by Gasteiger charge is -2.23. The van der Waals surface area contributed by atoms with E-state index in [-0.39, 0.29) is 12.6 Å². The smallest absolute Gasteiger partial charge is 0.315 e. The number of aliphatic hydroxyl groups is 1. The first-order valence-corrected chi connectivity index (χ1v) is 5.72. The molecule has 0 fully saturated rings. The van der Waals surface area contributed by atoms with Crippen molar-refractivity contribution in [2.24, 2.45) is 0 Å². The van der Waals surface area contributed by atoms with E-state index in [1.54, 1.807) is 26.0 Å². The molecule has 0 aliphatic heterocycles. The number of hydrogen-bond acceptors (Lipinski definition) is 2. The van der Waals surface area contributed by atoms with Crippen LogP contribution in [0.5, 0.6) is 0 Å². The Morgan fingerprint density at radius 1 is 1.35 bits per heavy atom. The fourth-order valence-corrected chi connectivity index (χ4v) is 1.30. The Morgan fingerprint density at radius 3 is 2.47 bits per heavy atom. The van der Waals surface area contributed by atoms with Gasteiger partial charge in [-0.15, -0.1) is 0 Å². The average Bonchev–Trinajstić information content (AvgIpc) is 2.28. The second kappa shape index (κ2) is 5.89. The van der Waals surface area contributed by atoms with E-state index < -0.39 is 5.54 Å². The highest BCUT2D eigenvalue weighted by atomic mass is 35.5. The second-order valence-corrected chi connectivity index (χ2v) is 4.91. The van der Waals surface area contributed by atoms with Crippen LogP contribution in [0.25, 0.3) is 0 Å². The van der Waals surface area contributed by atoms with Crippen LogP contribution in [0.15, 0.2) is 24.3 Å². The Kier molecular flexibility index (Phi) is 4.78. The Labute approximate surface area is 106 Å². The van der Waals surface area contributed by atoms with Crippen molar-refractivity contribution in [3.8, 4) is 0 Å². The molecule has 1 aromatic rings. The summed E-state index contributed by atoms with van der Waals surface area (Å²) < 4.78 is 0. The minimum atomic E-state index is -0.621. The Morgan fingerprint density at radius 2 is 1.94 bits per heavy atom. The summed E-state index contributed by atoms with van der Waals surface area (Å²) >= 11 is 5.75. The highest BCUT2D eigenvalue weighted by Gasteiger charge is 2.18. The average molecular weight is 257 g/mol. The van der Waals surface area contributed by atoms with Crippen molar-refractivity contribution >= 4 is 17.6 Å². The summed E-state index contributed by atoms with van der Waals surface area (Å²) in [5, 5.41) is 15.0. The second-order valence-electron chi connectivity index (χ2n) is 4.48. The molecular weight excluding hydrogens is 240 g/mol. The first kappa shape index (κ1) is 13.8. The predicted molar refractivity (Wildman–Crippen MR) is 68.0 cm³/mol. The fraction of sp³-hybridized carbons (Fsp3) is 0.417. The first-order valence-electron chi connectivity index (χ1n) is 5.34. The van der Waals surface area contributed by atoms with Crippen LogP contribution in [-0.2, 0) is 6.54 Å². The normalized spacial score (nSPS) is 11.1. The summed E-state index contributed by atoms with van der Waals surface area (Å²) in [5.74, 6) is 0. The quantitative estimate of drug-likeness (QED) is 0.771. The van der Waals surface area contributed by atoms with Crippen molar-refractivity contribution in [2.75, 3.05) is 6.61 Å². The van der Waals surface area contributed by atoms with Gasteiger partial charge < -0.3 is 15.7 Å². The molecule has 0 atom stereocenters. The van der Waals surface area contributed by atoms with E-state index in [1.807, 2.05) is 12.1 Å². The molecule has 2 amide bonds. The molecular formula is C12H17ClN2O2. The molecule has 0 saturated carbocycles. The highest BCUT2D eigenvalue weighted by molar-refractivity contribution is 6.30. The van der Waals surface area contributed by atoms with E-state index in [9.17, 15) is 4.79 Å². The van der Waals surface area contributed by atoms with Gasteiger partial charge in [0.2, 0.25) is 0 Å². The van der Waals surface area contributed by atoms with Gasteiger partial charge in [-0.3, -0.25) is 0 Å². The number of urea groups is 1. The standard InChI is InChI=1S/C12H17ClN2O2/c1-12(2,8-16)15-11(17)14-7-9-3-5-10(13)6-4-9/h3-6,16H,7-8H2,1-2H3,(H2,14,15,17). The molecule has 0 bridgehead atoms. The summed E-state index contributed by atoms with van der Waals surface area (Å²) in [6, 6.07) is 6.93. The molecule has 5 heteroatoms. The zero-order valence-corrected chi connectivity index (χ0v) is 10.7. The first-order chi connectivity index (χ1) is 7.93. The van der Waals surface area contributed by atoms with Crippen LogP contribution >= 0.6 is 11.6 Å². The molecule has 0 aliphatic rings. The number of rotatable bonds is 4. The summed E-state index contributed by atoms with van der Waals surface area (Å²) in [6.07, 6.45) is 0. The molecule has 0 aliphatic carbocycles. The van der Waals surface area contributed by atoms with Gasteiger partial charge in [-0.1, -0.05) is 23.7 Å². The molecule has 0 aromatic heterocycles. The largest absolute Gasteiger partial charge is 0.394 e. The minimum absolute atomic E-state index is 0.110. The van der Waals surface area contributed by atoms with E-state index in [1.165, 1.54) is 0 Å². The van der Waals surface area contributed by atoms with Gasteiger partial charge in [-0.25, -0.2) is 4.79 Å². The summed E-state index contributed by atoms with van der Waals surface area (Å²) in [6.45, 7) is 3.80. The van der Waals surface area contributed by atoms with Crippen molar-refractivity contribution in [1.82, 2.24) is 10.6 Å².